The van der Waals surface area contributed by atoms with Crippen LogP contribution in [0, 0.1) is 0 Å². The maximum atomic E-state index is 12.8. The summed E-state index contributed by atoms with van der Waals surface area (Å²) in [5.41, 5.74) is 2.62. The molecule has 0 spiro atoms. The topological polar surface area (TPSA) is 78.1 Å². The Kier molecular flexibility index (Phi) is 5.16. The zero-order chi connectivity index (χ0) is 18.8. The Labute approximate surface area is 163 Å². The number of likely N-dealkylation sites (tertiary alicyclic amines) is 1. The summed E-state index contributed by atoms with van der Waals surface area (Å²) in [4.78, 5) is 34.4. The van der Waals surface area contributed by atoms with Gasteiger partial charge in [0.05, 0.1) is 16.6 Å². The fourth-order valence-electron chi connectivity index (χ4n) is 4.06. The van der Waals surface area contributed by atoms with Crippen LogP contribution in [0.1, 0.15) is 53.3 Å². The number of nitrogens with zero attached hydrogens (tertiary/aromatic N) is 2. The highest BCUT2D eigenvalue weighted by Gasteiger charge is 2.31. The summed E-state index contributed by atoms with van der Waals surface area (Å²) in [7, 11) is 0. The lowest BCUT2D eigenvalue weighted by Gasteiger charge is -2.33. The molecule has 0 saturated carbocycles. The maximum Gasteiger partial charge on any atom is 0.270 e. The summed E-state index contributed by atoms with van der Waals surface area (Å²) in [6, 6.07) is 5.75. The molecule has 0 radical (unpaired) electrons. The number of amides is 2. The highest BCUT2D eigenvalue weighted by molar-refractivity contribution is 6.30. The lowest BCUT2D eigenvalue weighted by molar-refractivity contribution is -0.123. The second-order valence-corrected chi connectivity index (χ2v) is 7.74. The smallest absolute Gasteiger partial charge is 0.270 e. The minimum Gasteiger partial charge on any atom is -0.356 e. The van der Waals surface area contributed by atoms with E-state index in [2.05, 4.69) is 21.4 Å². The van der Waals surface area contributed by atoms with E-state index in [9.17, 15) is 9.59 Å². The van der Waals surface area contributed by atoms with Crippen LogP contribution in [-0.4, -0.2) is 45.8 Å². The molecule has 7 heteroatoms. The summed E-state index contributed by atoms with van der Waals surface area (Å²) in [5, 5.41) is 3.72. The van der Waals surface area contributed by atoms with Crippen molar-refractivity contribution in [2.24, 2.45) is 0 Å². The normalized spacial score (nSPS) is 20.2. The van der Waals surface area contributed by atoms with Crippen molar-refractivity contribution in [3.05, 3.63) is 52.6 Å². The van der Waals surface area contributed by atoms with Crippen molar-refractivity contribution < 1.29 is 9.59 Å². The largest absolute Gasteiger partial charge is 0.356 e. The fourth-order valence-corrected chi connectivity index (χ4v) is 4.22. The number of carbonyl (C=O) groups excluding carboxylic acids is 2. The molecule has 27 heavy (non-hydrogen) atoms. The van der Waals surface area contributed by atoms with Crippen LogP contribution in [0.3, 0.4) is 0 Å². The van der Waals surface area contributed by atoms with Crippen LogP contribution < -0.4 is 5.32 Å². The van der Waals surface area contributed by atoms with E-state index in [1.807, 2.05) is 11.0 Å². The molecular formula is C20H23ClN4O2. The molecule has 1 aliphatic carbocycles. The third kappa shape index (κ3) is 3.86. The van der Waals surface area contributed by atoms with Gasteiger partial charge in [0, 0.05) is 31.5 Å². The molecule has 1 unspecified atom stereocenters. The first-order valence-corrected chi connectivity index (χ1v) is 9.87. The van der Waals surface area contributed by atoms with Gasteiger partial charge in [-0.3, -0.25) is 14.6 Å². The van der Waals surface area contributed by atoms with Gasteiger partial charge in [0.15, 0.2) is 0 Å². The molecule has 4 rings (SSSR count). The number of aryl methyl sites for hydroxylation is 1. The van der Waals surface area contributed by atoms with Gasteiger partial charge in [0.1, 0.15) is 5.69 Å². The molecule has 142 valence electrons. The van der Waals surface area contributed by atoms with E-state index >= 15 is 0 Å². The molecule has 1 atom stereocenters. The van der Waals surface area contributed by atoms with Gasteiger partial charge < -0.3 is 15.2 Å². The standard InChI is InChI=1S/C20H23ClN4O2/c21-14-11-17(23-12-14)20(27)25-9-6-15(7-10-25)24-19(26)16-5-1-3-13-4-2-8-22-18(13)16/h2,4,8,11-12,15-16,23H,1,3,5-7,9-10H2,(H,24,26). The number of halogens is 1. The number of H-pyrrole nitrogens is 1. The van der Waals surface area contributed by atoms with Crippen molar-refractivity contribution in [1.29, 1.82) is 0 Å². The van der Waals surface area contributed by atoms with Crippen molar-refractivity contribution in [3.63, 3.8) is 0 Å². The van der Waals surface area contributed by atoms with Gasteiger partial charge in [-0.15, -0.1) is 0 Å². The van der Waals surface area contributed by atoms with Crippen LogP contribution in [0.5, 0.6) is 0 Å². The van der Waals surface area contributed by atoms with Crippen LogP contribution in [0.2, 0.25) is 5.02 Å². The van der Waals surface area contributed by atoms with Crippen molar-refractivity contribution in [2.45, 2.75) is 44.1 Å². The first-order valence-electron chi connectivity index (χ1n) is 9.49. The van der Waals surface area contributed by atoms with Gasteiger partial charge in [-0.1, -0.05) is 17.7 Å². The van der Waals surface area contributed by atoms with Gasteiger partial charge in [-0.2, -0.15) is 0 Å². The number of rotatable bonds is 3. The number of hydrogen-bond acceptors (Lipinski definition) is 3. The predicted molar refractivity (Wildman–Crippen MR) is 103 cm³/mol. The molecule has 3 heterocycles. The van der Waals surface area contributed by atoms with Gasteiger partial charge in [-0.05, 0) is 49.8 Å². The van der Waals surface area contributed by atoms with Crippen molar-refractivity contribution in [1.82, 2.24) is 20.2 Å². The molecule has 2 aromatic heterocycles. The molecule has 1 aliphatic heterocycles. The maximum absolute atomic E-state index is 12.8. The van der Waals surface area contributed by atoms with Crippen molar-refractivity contribution in [2.75, 3.05) is 13.1 Å². The highest BCUT2D eigenvalue weighted by Crippen LogP contribution is 2.30. The molecule has 1 saturated heterocycles. The quantitative estimate of drug-likeness (QED) is 0.851. The summed E-state index contributed by atoms with van der Waals surface area (Å²) in [6.45, 7) is 1.25. The summed E-state index contributed by atoms with van der Waals surface area (Å²) in [6.07, 6.45) is 7.75. The lowest BCUT2D eigenvalue weighted by atomic mass is 9.85. The van der Waals surface area contributed by atoms with Crippen LogP contribution in [-0.2, 0) is 11.2 Å². The molecule has 2 aromatic rings. The minimum absolute atomic E-state index is 0.0444. The minimum atomic E-state index is -0.157. The molecule has 0 aromatic carbocycles. The van der Waals surface area contributed by atoms with Gasteiger partial charge in [0.2, 0.25) is 5.91 Å². The summed E-state index contributed by atoms with van der Waals surface area (Å²) >= 11 is 5.88. The second kappa shape index (κ2) is 7.72. The highest BCUT2D eigenvalue weighted by atomic mass is 35.5. The SMILES string of the molecule is O=C(NC1CCN(C(=O)c2cc(Cl)c[nH]2)CC1)C1CCCc2cccnc21. The Morgan fingerprint density at radius 3 is 2.81 bits per heavy atom. The van der Waals surface area contributed by atoms with E-state index in [1.54, 1.807) is 18.5 Å². The number of carbonyl (C=O) groups is 2. The van der Waals surface area contributed by atoms with Crippen molar-refractivity contribution in [3.8, 4) is 0 Å². The van der Waals surface area contributed by atoms with Gasteiger partial charge >= 0.3 is 0 Å². The number of piperidine rings is 1. The molecule has 0 bridgehead atoms. The monoisotopic (exact) mass is 386 g/mol. The molecule has 6 nitrogen and oxygen atoms in total. The van der Waals surface area contributed by atoms with E-state index in [-0.39, 0.29) is 23.8 Å². The zero-order valence-electron chi connectivity index (χ0n) is 15.1. The molecule has 1 fully saturated rings. The Morgan fingerprint density at radius 1 is 1.26 bits per heavy atom. The third-order valence-corrected chi connectivity index (χ3v) is 5.74. The average molecular weight is 387 g/mol. The third-order valence-electron chi connectivity index (χ3n) is 5.52. The van der Waals surface area contributed by atoms with E-state index in [0.29, 0.717) is 23.8 Å². The second-order valence-electron chi connectivity index (χ2n) is 7.30. The molecule has 2 N–H and O–H groups in total. The van der Waals surface area contributed by atoms with Crippen LogP contribution in [0.4, 0.5) is 0 Å². The van der Waals surface area contributed by atoms with Crippen LogP contribution >= 0.6 is 11.6 Å². The molecule has 2 amide bonds. The Hall–Kier alpha value is -2.34. The Morgan fingerprint density at radius 2 is 2.07 bits per heavy atom. The van der Waals surface area contributed by atoms with E-state index in [0.717, 1.165) is 37.8 Å². The number of nitrogens with one attached hydrogen (secondary N) is 2. The van der Waals surface area contributed by atoms with E-state index in [1.165, 1.54) is 5.56 Å². The molecule has 2 aliphatic rings. The van der Waals surface area contributed by atoms with E-state index < -0.39 is 0 Å². The summed E-state index contributed by atoms with van der Waals surface area (Å²) in [5.74, 6) is -0.136. The number of fused-ring (bicyclic) bond motifs is 1. The number of pyridine rings is 1. The van der Waals surface area contributed by atoms with E-state index in [4.69, 9.17) is 11.6 Å². The first-order chi connectivity index (χ1) is 13.1. The first kappa shape index (κ1) is 18.0. The predicted octanol–water partition coefficient (Wildman–Crippen LogP) is 2.90. The van der Waals surface area contributed by atoms with Crippen molar-refractivity contribution >= 4 is 23.4 Å². The lowest BCUT2D eigenvalue weighted by Crippen LogP contribution is -2.48. The average Bonchev–Trinajstić information content (AvgIpc) is 3.14. The van der Waals surface area contributed by atoms with Crippen LogP contribution in [0.25, 0.3) is 0 Å². The zero-order valence-corrected chi connectivity index (χ0v) is 15.8. The number of hydrogen-bond donors (Lipinski definition) is 2. The molecular weight excluding hydrogens is 364 g/mol. The fraction of sp³-hybridized carbons (Fsp3) is 0.450. The number of aromatic nitrogens is 2. The van der Waals surface area contributed by atoms with Gasteiger partial charge in [-0.25, -0.2) is 0 Å². The van der Waals surface area contributed by atoms with Crippen LogP contribution in [0.15, 0.2) is 30.6 Å². The Bertz CT molecular complexity index is 842. The number of aromatic amines is 1. The van der Waals surface area contributed by atoms with Gasteiger partial charge in [0.25, 0.3) is 5.91 Å². The Balaban J connectivity index is 1.33. The summed E-state index contributed by atoms with van der Waals surface area (Å²) < 4.78 is 0.